The molecule has 4 atom stereocenters. The minimum absolute atomic E-state index is 0.0473. The summed E-state index contributed by atoms with van der Waals surface area (Å²) < 4.78 is 10.7. The van der Waals surface area contributed by atoms with Gasteiger partial charge in [0, 0.05) is 31.0 Å². The largest absolute Gasteiger partial charge is 0.445 e. The van der Waals surface area contributed by atoms with Gasteiger partial charge < -0.3 is 35.6 Å². The van der Waals surface area contributed by atoms with Crippen molar-refractivity contribution in [3.63, 3.8) is 0 Å². The van der Waals surface area contributed by atoms with E-state index in [2.05, 4.69) is 20.9 Å². The molecule has 42 heavy (non-hydrogen) atoms. The number of hydrogen-bond donors (Lipinski definition) is 5. The highest BCUT2D eigenvalue weighted by Crippen LogP contribution is 2.11. The first-order chi connectivity index (χ1) is 20.1. The lowest BCUT2D eigenvalue weighted by Gasteiger charge is -2.28. The van der Waals surface area contributed by atoms with E-state index in [4.69, 9.17) is 9.47 Å². The standard InChI is InChI=1S/C32H42N4O6/c1-32(2,3)42-31(40)36-27(18-24-13-8-5-9-14-24)29(38)21-34-20-28(37)26(17-23-11-6-4-7-12-23)35-30(39)41-22-25-15-10-16-33-19-25/h4-16,19,26-29,34,37-38H,17-18,20-22H2,1-3H3,(H,35,39)(H,36,40)/t26-,27-,28+,29+/m0/s1. The minimum Gasteiger partial charge on any atom is -0.445 e. The Hall–Kier alpha value is -3.99. The Kier molecular flexibility index (Phi) is 12.7. The van der Waals surface area contributed by atoms with Crippen LogP contribution in [0.3, 0.4) is 0 Å². The second kappa shape index (κ2) is 16.5. The van der Waals surface area contributed by atoms with Gasteiger partial charge in [0.15, 0.2) is 0 Å². The van der Waals surface area contributed by atoms with Crippen LogP contribution >= 0.6 is 0 Å². The number of benzene rings is 2. The van der Waals surface area contributed by atoms with Gasteiger partial charge >= 0.3 is 12.2 Å². The maximum absolute atomic E-state index is 12.6. The maximum atomic E-state index is 12.6. The zero-order chi connectivity index (χ0) is 30.4. The molecule has 0 aliphatic carbocycles. The molecule has 0 aliphatic rings. The molecule has 0 bridgehead atoms. The minimum atomic E-state index is -1.00. The van der Waals surface area contributed by atoms with Gasteiger partial charge in [-0.05, 0) is 50.8 Å². The summed E-state index contributed by atoms with van der Waals surface area (Å²) in [6.45, 7) is 5.51. The molecular formula is C32H42N4O6. The van der Waals surface area contributed by atoms with Crippen molar-refractivity contribution in [3.05, 3.63) is 102 Å². The van der Waals surface area contributed by atoms with E-state index in [1.54, 1.807) is 45.3 Å². The monoisotopic (exact) mass is 578 g/mol. The van der Waals surface area contributed by atoms with Crippen LogP contribution in [0.1, 0.15) is 37.5 Å². The fourth-order valence-electron chi connectivity index (χ4n) is 4.25. The van der Waals surface area contributed by atoms with Crippen molar-refractivity contribution in [1.82, 2.24) is 20.9 Å². The van der Waals surface area contributed by atoms with E-state index in [0.29, 0.717) is 12.8 Å². The molecule has 1 aromatic heterocycles. The Labute approximate surface area is 247 Å². The zero-order valence-electron chi connectivity index (χ0n) is 24.4. The predicted molar refractivity (Wildman–Crippen MR) is 160 cm³/mol. The average molecular weight is 579 g/mol. The van der Waals surface area contributed by atoms with E-state index < -0.39 is 42.1 Å². The van der Waals surface area contributed by atoms with E-state index in [0.717, 1.165) is 16.7 Å². The number of carbonyl (C=O) groups excluding carboxylic acids is 2. The van der Waals surface area contributed by atoms with Crippen molar-refractivity contribution in [2.75, 3.05) is 13.1 Å². The fraction of sp³-hybridized carbons (Fsp3) is 0.406. The number of aromatic nitrogens is 1. The van der Waals surface area contributed by atoms with Crippen molar-refractivity contribution in [2.24, 2.45) is 0 Å². The molecule has 3 rings (SSSR count). The highest BCUT2D eigenvalue weighted by atomic mass is 16.6. The topological polar surface area (TPSA) is 142 Å². The number of alkyl carbamates (subject to hydrolysis) is 2. The van der Waals surface area contributed by atoms with Gasteiger partial charge in [-0.1, -0.05) is 66.7 Å². The van der Waals surface area contributed by atoms with E-state index in [1.165, 1.54) is 0 Å². The van der Waals surface area contributed by atoms with Gasteiger partial charge in [-0.3, -0.25) is 4.98 Å². The molecule has 5 N–H and O–H groups in total. The van der Waals surface area contributed by atoms with Gasteiger partial charge in [0.1, 0.15) is 12.2 Å². The van der Waals surface area contributed by atoms with Crippen molar-refractivity contribution in [2.45, 2.75) is 70.1 Å². The Morgan fingerprint density at radius 3 is 1.74 bits per heavy atom. The number of nitrogens with one attached hydrogen (secondary N) is 3. The Bertz CT molecular complexity index is 1210. The summed E-state index contributed by atoms with van der Waals surface area (Å²) in [4.78, 5) is 29.1. The second-order valence-corrected chi connectivity index (χ2v) is 11.1. The van der Waals surface area contributed by atoms with Crippen LogP contribution in [0, 0.1) is 0 Å². The van der Waals surface area contributed by atoms with E-state index in [-0.39, 0.29) is 19.7 Å². The van der Waals surface area contributed by atoms with Crippen LogP contribution in [0.5, 0.6) is 0 Å². The van der Waals surface area contributed by atoms with Crippen molar-refractivity contribution < 1.29 is 29.3 Å². The molecule has 0 aliphatic heterocycles. The van der Waals surface area contributed by atoms with E-state index >= 15 is 0 Å². The maximum Gasteiger partial charge on any atom is 0.407 e. The normalized spacial score (nSPS) is 14.2. The summed E-state index contributed by atoms with van der Waals surface area (Å²) in [7, 11) is 0. The number of amides is 2. The number of rotatable bonds is 14. The molecule has 10 nitrogen and oxygen atoms in total. The molecule has 0 saturated carbocycles. The van der Waals surface area contributed by atoms with Crippen molar-refractivity contribution in [1.29, 1.82) is 0 Å². The lowest BCUT2D eigenvalue weighted by molar-refractivity contribution is 0.0416. The molecule has 0 spiro atoms. The fourth-order valence-corrected chi connectivity index (χ4v) is 4.25. The molecule has 3 aromatic rings. The molecule has 0 radical (unpaired) electrons. The van der Waals surface area contributed by atoms with Crippen LogP contribution < -0.4 is 16.0 Å². The predicted octanol–water partition coefficient (Wildman–Crippen LogP) is 3.37. The van der Waals surface area contributed by atoms with Crippen LogP contribution in [0.25, 0.3) is 0 Å². The van der Waals surface area contributed by atoms with Crippen LogP contribution in [-0.2, 0) is 28.9 Å². The quantitative estimate of drug-likeness (QED) is 0.196. The van der Waals surface area contributed by atoms with Gasteiger partial charge in [0.25, 0.3) is 0 Å². The highest BCUT2D eigenvalue weighted by molar-refractivity contribution is 5.68. The molecule has 1 heterocycles. The summed E-state index contributed by atoms with van der Waals surface area (Å²) in [5, 5.41) is 30.7. The molecule has 0 unspecified atom stereocenters. The zero-order valence-corrected chi connectivity index (χ0v) is 24.4. The smallest absolute Gasteiger partial charge is 0.407 e. The summed E-state index contributed by atoms with van der Waals surface area (Å²) in [6.07, 6.45) is 0.712. The number of pyridine rings is 1. The van der Waals surface area contributed by atoms with Gasteiger partial charge in [-0.15, -0.1) is 0 Å². The third-order valence-corrected chi connectivity index (χ3v) is 6.33. The Morgan fingerprint density at radius 1 is 0.762 bits per heavy atom. The van der Waals surface area contributed by atoms with Crippen molar-refractivity contribution in [3.8, 4) is 0 Å². The first-order valence-electron chi connectivity index (χ1n) is 14.1. The van der Waals surface area contributed by atoms with Crippen LogP contribution in [0.4, 0.5) is 9.59 Å². The number of aliphatic hydroxyl groups excluding tert-OH is 2. The molecule has 2 aromatic carbocycles. The summed E-state index contributed by atoms with van der Waals surface area (Å²) in [5.41, 5.74) is 1.93. The average Bonchev–Trinajstić information content (AvgIpc) is 2.96. The second-order valence-electron chi connectivity index (χ2n) is 11.1. The number of carbonyl (C=O) groups is 2. The van der Waals surface area contributed by atoms with Gasteiger partial charge in [-0.25, -0.2) is 9.59 Å². The first-order valence-corrected chi connectivity index (χ1v) is 14.1. The molecule has 0 saturated heterocycles. The summed E-state index contributed by atoms with van der Waals surface area (Å²) in [6, 6.07) is 21.3. The summed E-state index contributed by atoms with van der Waals surface area (Å²) in [5.74, 6) is 0. The number of nitrogens with zero attached hydrogens (tertiary/aromatic N) is 1. The van der Waals surface area contributed by atoms with E-state index in [1.807, 2.05) is 60.7 Å². The van der Waals surface area contributed by atoms with Crippen LogP contribution in [-0.4, -0.2) is 70.4 Å². The van der Waals surface area contributed by atoms with E-state index in [9.17, 15) is 19.8 Å². The summed E-state index contributed by atoms with van der Waals surface area (Å²) >= 11 is 0. The molecule has 226 valence electrons. The van der Waals surface area contributed by atoms with Gasteiger partial charge in [0.2, 0.25) is 0 Å². The SMILES string of the molecule is CC(C)(C)OC(=O)N[C@@H](Cc1ccccc1)[C@H](O)CNC[C@@H](O)[C@H](Cc1ccccc1)NC(=O)OCc1cccnc1. The molecule has 0 fully saturated rings. The number of hydrogen-bond acceptors (Lipinski definition) is 8. The third kappa shape index (κ3) is 12.3. The first kappa shape index (κ1) is 32.5. The Balaban J connectivity index is 1.59. The number of ether oxygens (including phenoxy) is 2. The number of aliphatic hydroxyl groups is 2. The van der Waals surface area contributed by atoms with Crippen molar-refractivity contribution >= 4 is 12.2 Å². The lowest BCUT2D eigenvalue weighted by atomic mass is 10.00. The lowest BCUT2D eigenvalue weighted by Crippen LogP contribution is -2.52. The van der Waals surface area contributed by atoms with Gasteiger partial charge in [0.05, 0.1) is 24.3 Å². The van der Waals surface area contributed by atoms with Crippen LogP contribution in [0.15, 0.2) is 85.2 Å². The van der Waals surface area contributed by atoms with Crippen LogP contribution in [0.2, 0.25) is 0 Å². The Morgan fingerprint density at radius 2 is 1.26 bits per heavy atom. The molecule has 2 amide bonds. The third-order valence-electron chi connectivity index (χ3n) is 6.33. The highest BCUT2D eigenvalue weighted by Gasteiger charge is 2.27. The van der Waals surface area contributed by atoms with Gasteiger partial charge in [-0.2, -0.15) is 0 Å². The molecular weight excluding hydrogens is 536 g/mol. The molecule has 10 heteroatoms.